The van der Waals surface area contributed by atoms with E-state index in [-0.39, 0.29) is 29.2 Å². The largest absolute Gasteiger partial charge is 0.372 e. The van der Waals surface area contributed by atoms with Crippen LogP contribution in [0.5, 0.6) is 0 Å². The number of fused-ring (bicyclic) bond motifs is 1. The molecule has 3 aromatic heterocycles. The van der Waals surface area contributed by atoms with E-state index in [1.165, 1.54) is 6.07 Å². The molecule has 1 aliphatic rings. The minimum Gasteiger partial charge on any atom is -0.372 e. The molecule has 0 bridgehead atoms. The van der Waals surface area contributed by atoms with E-state index in [9.17, 15) is 13.2 Å². The van der Waals surface area contributed by atoms with Crippen molar-refractivity contribution in [2.75, 3.05) is 24.2 Å². The third kappa shape index (κ3) is 6.09. The summed E-state index contributed by atoms with van der Waals surface area (Å²) in [6, 6.07) is 14.0. The Bertz CT molecular complexity index is 1700. The van der Waals surface area contributed by atoms with Crippen molar-refractivity contribution in [3.8, 4) is 11.4 Å². The van der Waals surface area contributed by atoms with Crippen LogP contribution in [0.4, 0.5) is 5.82 Å². The van der Waals surface area contributed by atoms with Gasteiger partial charge in [0.15, 0.2) is 9.84 Å². The van der Waals surface area contributed by atoms with E-state index >= 15 is 0 Å². The number of aryl methyl sites for hydroxylation is 1. The maximum Gasteiger partial charge on any atom is 0.251 e. The number of rotatable bonds is 6. The summed E-state index contributed by atoms with van der Waals surface area (Å²) in [5.41, 5.74) is 3.35. The Hall–Kier alpha value is -3.60. The van der Waals surface area contributed by atoms with Gasteiger partial charge in [-0.25, -0.2) is 18.4 Å². The van der Waals surface area contributed by atoms with Crippen LogP contribution in [0, 0.1) is 6.92 Å². The Kier molecular flexibility index (Phi) is 7.76. The average molecular weight is 580 g/mol. The van der Waals surface area contributed by atoms with Crippen LogP contribution < -0.4 is 10.2 Å². The van der Waals surface area contributed by atoms with E-state index in [0.717, 1.165) is 30.5 Å². The summed E-state index contributed by atoms with van der Waals surface area (Å²) in [4.78, 5) is 29.2. The zero-order chi connectivity index (χ0) is 28.6. The second-order valence-electron chi connectivity index (χ2n) is 10.2. The number of amides is 1. The molecule has 0 saturated carbocycles. The summed E-state index contributed by atoms with van der Waals surface area (Å²) in [6.07, 6.45) is 3.02. The molecule has 0 spiro atoms. The van der Waals surface area contributed by atoms with Gasteiger partial charge < -0.3 is 15.0 Å². The minimum atomic E-state index is -3.45. The summed E-state index contributed by atoms with van der Waals surface area (Å²) in [6.45, 7) is 7.41. The van der Waals surface area contributed by atoms with E-state index in [1.807, 2.05) is 38.1 Å². The molecule has 2 atom stereocenters. The molecule has 1 saturated heterocycles. The summed E-state index contributed by atoms with van der Waals surface area (Å²) in [7, 11) is -3.45. The van der Waals surface area contributed by atoms with Crippen LogP contribution in [0.1, 0.15) is 35.5 Å². The number of morpholine rings is 1. The van der Waals surface area contributed by atoms with Crippen LogP contribution in [0.2, 0.25) is 5.02 Å². The average Bonchev–Trinajstić information content (AvgIpc) is 2.90. The Morgan fingerprint density at radius 2 is 1.82 bits per heavy atom. The SMILES string of the molecule is Cc1ccc(C(=O)NCc2cc3nc(-c4nc(N5C[C@@H](C)O[C@@H](C)C5)ccc4Cl)ccc3cn2)cc1S(C)(=O)=O. The zero-order valence-electron chi connectivity index (χ0n) is 22.7. The van der Waals surface area contributed by atoms with Crippen LogP contribution in [0.15, 0.2) is 59.6 Å². The lowest BCUT2D eigenvalue weighted by atomic mass is 10.1. The summed E-state index contributed by atoms with van der Waals surface area (Å²) >= 11 is 6.56. The van der Waals surface area contributed by atoms with Crippen LogP contribution in [0.25, 0.3) is 22.3 Å². The Morgan fingerprint density at radius 3 is 2.55 bits per heavy atom. The van der Waals surface area contributed by atoms with Crippen LogP contribution in [-0.2, 0) is 21.1 Å². The molecule has 11 heteroatoms. The van der Waals surface area contributed by atoms with Crippen molar-refractivity contribution in [2.45, 2.75) is 44.4 Å². The highest BCUT2D eigenvalue weighted by Crippen LogP contribution is 2.30. The monoisotopic (exact) mass is 579 g/mol. The maximum atomic E-state index is 12.8. The van der Waals surface area contributed by atoms with Gasteiger partial charge in [-0.2, -0.15) is 0 Å². The molecular weight excluding hydrogens is 550 g/mol. The second-order valence-corrected chi connectivity index (χ2v) is 12.6. The van der Waals surface area contributed by atoms with Crippen molar-refractivity contribution in [1.82, 2.24) is 20.3 Å². The molecule has 9 nitrogen and oxygen atoms in total. The molecule has 4 heterocycles. The van der Waals surface area contributed by atoms with E-state index < -0.39 is 15.7 Å². The van der Waals surface area contributed by atoms with Gasteiger partial charge in [0.05, 0.1) is 45.6 Å². The zero-order valence-corrected chi connectivity index (χ0v) is 24.3. The predicted molar refractivity (Wildman–Crippen MR) is 155 cm³/mol. The third-order valence-corrected chi connectivity index (χ3v) is 8.27. The third-order valence-electron chi connectivity index (χ3n) is 6.73. The molecule has 4 aromatic rings. The Labute approximate surface area is 238 Å². The summed E-state index contributed by atoms with van der Waals surface area (Å²) in [5, 5.41) is 4.14. The number of carbonyl (C=O) groups excluding carboxylic acids is 1. The van der Waals surface area contributed by atoms with Gasteiger partial charge in [-0.15, -0.1) is 0 Å². The maximum absolute atomic E-state index is 12.8. The fourth-order valence-electron chi connectivity index (χ4n) is 4.85. The van der Waals surface area contributed by atoms with Crippen molar-refractivity contribution in [3.05, 3.63) is 76.6 Å². The molecule has 1 fully saturated rings. The van der Waals surface area contributed by atoms with Gasteiger partial charge in [-0.3, -0.25) is 9.78 Å². The molecule has 0 unspecified atom stereocenters. The molecular formula is C29H30ClN5O4S. The van der Waals surface area contributed by atoms with Crippen molar-refractivity contribution in [1.29, 1.82) is 0 Å². The van der Waals surface area contributed by atoms with Gasteiger partial charge in [0.25, 0.3) is 5.91 Å². The summed E-state index contributed by atoms with van der Waals surface area (Å²) in [5.74, 6) is 0.421. The molecule has 40 heavy (non-hydrogen) atoms. The molecule has 0 aliphatic carbocycles. The normalized spacial score (nSPS) is 17.7. The number of hydrogen-bond donors (Lipinski definition) is 1. The molecule has 1 aliphatic heterocycles. The Morgan fingerprint density at radius 1 is 1.07 bits per heavy atom. The lowest BCUT2D eigenvalue weighted by Crippen LogP contribution is -2.45. The summed E-state index contributed by atoms with van der Waals surface area (Å²) < 4.78 is 29.9. The van der Waals surface area contributed by atoms with Gasteiger partial charge in [0.2, 0.25) is 0 Å². The highest BCUT2D eigenvalue weighted by molar-refractivity contribution is 7.90. The predicted octanol–water partition coefficient (Wildman–Crippen LogP) is 4.60. The van der Waals surface area contributed by atoms with Crippen molar-refractivity contribution in [3.63, 3.8) is 0 Å². The van der Waals surface area contributed by atoms with Gasteiger partial charge in [0, 0.05) is 36.5 Å². The molecule has 1 amide bonds. The minimum absolute atomic E-state index is 0.0997. The number of carbonyl (C=O) groups is 1. The highest BCUT2D eigenvalue weighted by atomic mass is 35.5. The number of benzene rings is 1. The van der Waals surface area contributed by atoms with Crippen molar-refractivity contribution < 1.29 is 17.9 Å². The lowest BCUT2D eigenvalue weighted by Gasteiger charge is -2.36. The van der Waals surface area contributed by atoms with E-state index in [1.54, 1.807) is 31.3 Å². The lowest BCUT2D eigenvalue weighted by molar-refractivity contribution is -0.00545. The molecule has 1 N–H and O–H groups in total. The second kappa shape index (κ2) is 11.1. The van der Waals surface area contributed by atoms with E-state index in [4.69, 9.17) is 26.3 Å². The van der Waals surface area contributed by atoms with Gasteiger partial charge in [0.1, 0.15) is 11.5 Å². The fourth-order valence-corrected chi connectivity index (χ4v) is 6.05. The fraction of sp³-hybridized carbons (Fsp3) is 0.310. The first-order valence-electron chi connectivity index (χ1n) is 12.9. The Balaban J connectivity index is 1.37. The number of halogens is 1. The number of pyridine rings is 3. The number of nitrogens with zero attached hydrogens (tertiary/aromatic N) is 4. The van der Waals surface area contributed by atoms with Gasteiger partial charge in [-0.05, 0) is 68.8 Å². The van der Waals surface area contributed by atoms with Crippen molar-refractivity contribution >= 4 is 44.1 Å². The highest BCUT2D eigenvalue weighted by Gasteiger charge is 2.24. The number of anilines is 1. The van der Waals surface area contributed by atoms with Gasteiger partial charge >= 0.3 is 0 Å². The van der Waals surface area contributed by atoms with Crippen LogP contribution in [0.3, 0.4) is 0 Å². The standard InChI is InChI=1S/C29H30ClN5O4S/c1-17-5-6-20(11-26(17)40(4,37)38)29(36)32-14-22-12-25-21(13-31-22)7-9-24(33-25)28-23(30)8-10-27(34-28)35-15-18(2)39-19(3)16-35/h5-13,18-19H,14-16H2,1-4H3,(H,32,36)/t18-,19+. The van der Waals surface area contributed by atoms with E-state index in [0.29, 0.717) is 33.2 Å². The van der Waals surface area contributed by atoms with Crippen molar-refractivity contribution in [2.24, 2.45) is 0 Å². The molecule has 208 valence electrons. The van der Waals surface area contributed by atoms with Gasteiger partial charge in [-0.1, -0.05) is 17.7 Å². The number of ether oxygens (including phenoxy) is 1. The first-order chi connectivity index (χ1) is 19.0. The molecule has 1 aromatic carbocycles. The first kappa shape index (κ1) is 27.9. The quantitative estimate of drug-likeness (QED) is 0.352. The van der Waals surface area contributed by atoms with Crippen LogP contribution >= 0.6 is 11.6 Å². The number of sulfone groups is 1. The number of nitrogens with one attached hydrogen (secondary N) is 1. The van der Waals surface area contributed by atoms with E-state index in [2.05, 4.69) is 15.2 Å². The molecule has 5 rings (SSSR count). The molecule has 0 radical (unpaired) electrons. The van der Waals surface area contributed by atoms with Crippen LogP contribution in [-0.4, -0.2) is 60.8 Å². The first-order valence-corrected chi connectivity index (χ1v) is 15.2. The number of aromatic nitrogens is 3. The topological polar surface area (TPSA) is 114 Å². The smallest absolute Gasteiger partial charge is 0.251 e. The number of hydrogen-bond acceptors (Lipinski definition) is 8.